The van der Waals surface area contributed by atoms with E-state index in [1.54, 1.807) is 0 Å². The molecule has 0 aromatic heterocycles. The lowest BCUT2D eigenvalue weighted by atomic mass is 10.0. The summed E-state index contributed by atoms with van der Waals surface area (Å²) in [7, 11) is -3.58. The molecule has 0 saturated heterocycles. The van der Waals surface area contributed by atoms with E-state index in [0.29, 0.717) is 5.56 Å². The first-order chi connectivity index (χ1) is 9.33. The van der Waals surface area contributed by atoms with E-state index in [-0.39, 0.29) is 6.42 Å². The molecule has 0 radical (unpaired) electrons. The maximum absolute atomic E-state index is 12.0. The zero-order valence-corrected chi connectivity index (χ0v) is 12.5. The van der Waals surface area contributed by atoms with Gasteiger partial charge >= 0.3 is 6.36 Å². The van der Waals surface area contributed by atoms with Gasteiger partial charge in [0.25, 0.3) is 0 Å². The van der Waals surface area contributed by atoms with Gasteiger partial charge in [-0.2, -0.15) is 0 Å². The Bertz CT molecular complexity index is 616. The summed E-state index contributed by atoms with van der Waals surface area (Å²) in [4.78, 5) is 12.0. The molecule has 0 spiro atoms. The van der Waals surface area contributed by atoms with Crippen molar-refractivity contribution in [1.82, 2.24) is 0 Å². The van der Waals surface area contributed by atoms with Gasteiger partial charge in [-0.25, -0.2) is 8.42 Å². The summed E-state index contributed by atoms with van der Waals surface area (Å²) in [6.45, 7) is 2.59. The molecule has 4 nitrogen and oxygen atoms in total. The fourth-order valence-corrected chi connectivity index (χ4v) is 1.90. The number of hydrogen-bond donors (Lipinski definition) is 0. The van der Waals surface area contributed by atoms with E-state index in [0.717, 1.165) is 18.4 Å². The molecule has 0 saturated carbocycles. The van der Waals surface area contributed by atoms with Gasteiger partial charge in [-0.15, -0.1) is 13.2 Å². The number of benzene rings is 1. The smallest absolute Gasteiger partial charge is 0.406 e. The second kappa shape index (κ2) is 5.67. The quantitative estimate of drug-likeness (QED) is 0.835. The fraction of sp³-hybridized carbons (Fsp3) is 0.462. The van der Waals surface area contributed by atoms with Crippen molar-refractivity contribution in [2.75, 3.05) is 6.26 Å². The van der Waals surface area contributed by atoms with Crippen molar-refractivity contribution in [2.45, 2.75) is 31.4 Å². The van der Waals surface area contributed by atoms with Gasteiger partial charge in [-0.05, 0) is 31.5 Å². The lowest BCUT2D eigenvalue weighted by Crippen LogP contribution is -2.40. The highest BCUT2D eigenvalue weighted by Crippen LogP contribution is 2.24. The van der Waals surface area contributed by atoms with Crippen LogP contribution in [0.15, 0.2) is 24.3 Å². The van der Waals surface area contributed by atoms with E-state index in [9.17, 15) is 26.4 Å². The van der Waals surface area contributed by atoms with Crippen LogP contribution in [0.4, 0.5) is 13.2 Å². The second-order valence-corrected chi connectivity index (χ2v) is 7.64. The molecule has 8 heteroatoms. The Labute approximate surface area is 120 Å². The van der Waals surface area contributed by atoms with Crippen LogP contribution >= 0.6 is 0 Å². The number of halogens is 3. The zero-order valence-electron chi connectivity index (χ0n) is 11.7. The van der Waals surface area contributed by atoms with E-state index in [2.05, 4.69) is 4.74 Å². The minimum Gasteiger partial charge on any atom is -0.406 e. The minimum absolute atomic E-state index is 0.188. The number of hydrogen-bond acceptors (Lipinski definition) is 4. The Kier molecular flexibility index (Phi) is 4.72. The average Bonchev–Trinajstić information content (AvgIpc) is 2.28. The van der Waals surface area contributed by atoms with Gasteiger partial charge in [0.15, 0.2) is 15.6 Å². The lowest BCUT2D eigenvalue weighted by molar-refractivity contribution is -0.274. The first-order valence-electron chi connectivity index (χ1n) is 5.90. The predicted molar refractivity (Wildman–Crippen MR) is 70.8 cm³/mol. The Balaban J connectivity index is 2.84. The molecule has 1 aromatic carbocycles. The van der Waals surface area contributed by atoms with Crippen molar-refractivity contribution in [3.8, 4) is 5.75 Å². The van der Waals surface area contributed by atoms with Gasteiger partial charge in [-0.3, -0.25) is 4.79 Å². The monoisotopic (exact) mass is 324 g/mol. The summed E-state index contributed by atoms with van der Waals surface area (Å²) in [6, 6.07) is 4.72. The topological polar surface area (TPSA) is 60.4 Å². The van der Waals surface area contributed by atoms with Gasteiger partial charge < -0.3 is 4.74 Å². The summed E-state index contributed by atoms with van der Waals surface area (Å²) in [5.41, 5.74) is 0.409. The van der Waals surface area contributed by atoms with Crippen LogP contribution in [0.3, 0.4) is 0 Å². The highest BCUT2D eigenvalue weighted by atomic mass is 32.2. The third-order valence-electron chi connectivity index (χ3n) is 3.12. The summed E-state index contributed by atoms with van der Waals surface area (Å²) in [5.74, 6) is -0.935. The van der Waals surface area contributed by atoms with Gasteiger partial charge in [-0.1, -0.05) is 12.1 Å². The molecule has 0 unspecified atom stereocenters. The van der Waals surface area contributed by atoms with Crippen molar-refractivity contribution in [3.05, 3.63) is 29.8 Å². The number of carbonyl (C=O) groups excluding carboxylic acids is 1. The molecule has 0 aliphatic rings. The molecule has 118 valence electrons. The molecule has 0 aliphatic carbocycles. The number of alkyl halides is 3. The number of ketones is 1. The van der Waals surface area contributed by atoms with Crippen LogP contribution in [0.1, 0.15) is 19.4 Å². The number of rotatable bonds is 5. The molecule has 0 fully saturated rings. The molecule has 0 heterocycles. The fourth-order valence-electron chi connectivity index (χ4n) is 1.41. The number of Topliss-reactive ketones (excluding diaryl/α,β-unsaturated/α-hetero) is 1. The first-order valence-corrected chi connectivity index (χ1v) is 7.79. The van der Waals surface area contributed by atoms with E-state index < -0.39 is 32.5 Å². The van der Waals surface area contributed by atoms with Crippen molar-refractivity contribution >= 4 is 15.6 Å². The second-order valence-electron chi connectivity index (χ2n) is 5.07. The lowest BCUT2D eigenvalue weighted by Gasteiger charge is -2.20. The number of carbonyl (C=O) groups is 1. The largest absolute Gasteiger partial charge is 0.573 e. The van der Waals surface area contributed by atoms with Crippen LogP contribution in [-0.4, -0.2) is 31.6 Å². The Morgan fingerprint density at radius 3 is 2.00 bits per heavy atom. The molecule has 0 bridgehead atoms. The van der Waals surface area contributed by atoms with Crippen molar-refractivity contribution in [2.24, 2.45) is 0 Å². The number of sulfone groups is 1. The SMILES string of the molecule is CC(C)(C(=O)Cc1ccc(OC(F)(F)F)cc1)S(C)(=O)=O. The van der Waals surface area contributed by atoms with E-state index >= 15 is 0 Å². The molecule has 21 heavy (non-hydrogen) atoms. The van der Waals surface area contributed by atoms with Gasteiger partial charge in [0.1, 0.15) is 10.5 Å². The highest BCUT2D eigenvalue weighted by molar-refractivity contribution is 7.92. The predicted octanol–water partition coefficient (Wildman–Crippen LogP) is 2.52. The molecule has 0 aliphatic heterocycles. The van der Waals surface area contributed by atoms with E-state index in [1.165, 1.54) is 26.0 Å². The van der Waals surface area contributed by atoms with E-state index in [1.807, 2.05) is 0 Å². The van der Waals surface area contributed by atoms with Crippen LogP contribution < -0.4 is 4.74 Å². The molecular weight excluding hydrogens is 309 g/mol. The molecule has 0 amide bonds. The first kappa shape index (κ1) is 17.5. The van der Waals surface area contributed by atoms with Gasteiger partial charge in [0, 0.05) is 12.7 Å². The summed E-state index contributed by atoms with van der Waals surface area (Å²) < 4.78 is 61.2. The highest BCUT2D eigenvalue weighted by Gasteiger charge is 2.37. The van der Waals surface area contributed by atoms with Crippen LogP contribution in [0, 0.1) is 0 Å². The van der Waals surface area contributed by atoms with Crippen LogP contribution in [0.2, 0.25) is 0 Å². The Hall–Kier alpha value is -1.57. The van der Waals surface area contributed by atoms with Crippen LogP contribution in [0.25, 0.3) is 0 Å². The summed E-state index contributed by atoms with van der Waals surface area (Å²) in [5, 5.41) is 0. The standard InChI is InChI=1S/C13H15F3O4S/c1-12(2,21(3,18)19)11(17)8-9-4-6-10(7-5-9)20-13(14,15)16/h4-7H,8H2,1-3H3. The zero-order chi connectivity index (χ0) is 16.5. The summed E-state index contributed by atoms with van der Waals surface area (Å²) in [6.07, 6.45) is -4.01. The Morgan fingerprint density at radius 1 is 1.14 bits per heavy atom. The molecule has 1 rings (SSSR count). The van der Waals surface area contributed by atoms with Crippen LogP contribution in [-0.2, 0) is 21.1 Å². The molecular formula is C13H15F3O4S. The summed E-state index contributed by atoms with van der Waals surface area (Å²) >= 11 is 0. The normalized spacial score (nSPS) is 13.0. The third-order valence-corrected chi connectivity index (χ3v) is 5.20. The van der Waals surface area contributed by atoms with Crippen molar-refractivity contribution < 1.29 is 31.1 Å². The van der Waals surface area contributed by atoms with E-state index in [4.69, 9.17) is 0 Å². The van der Waals surface area contributed by atoms with Crippen LogP contribution in [0.5, 0.6) is 5.75 Å². The molecule has 0 atom stereocenters. The van der Waals surface area contributed by atoms with Gasteiger partial charge in [0.2, 0.25) is 0 Å². The minimum atomic E-state index is -4.78. The van der Waals surface area contributed by atoms with Gasteiger partial charge in [0.05, 0.1) is 0 Å². The number of ether oxygens (including phenoxy) is 1. The molecule has 0 N–H and O–H groups in total. The maximum Gasteiger partial charge on any atom is 0.573 e. The Morgan fingerprint density at radius 2 is 1.62 bits per heavy atom. The van der Waals surface area contributed by atoms with Crippen molar-refractivity contribution in [1.29, 1.82) is 0 Å². The average molecular weight is 324 g/mol. The maximum atomic E-state index is 12.0. The molecule has 1 aromatic rings. The van der Waals surface area contributed by atoms with Crippen molar-refractivity contribution in [3.63, 3.8) is 0 Å². The third kappa shape index (κ3) is 4.73.